The SMILES string of the molecule is CC1=CC(=O)C2=C(C1=O)C(c1ccc(O)c(C)c1)C1=CCC3C(=O)N(N(C)c4nc(C(F)(F)F)ccc4Cl)C(=O)C3C1C2. The van der Waals surface area contributed by atoms with Crippen molar-refractivity contribution in [1.29, 1.82) is 0 Å². The summed E-state index contributed by atoms with van der Waals surface area (Å²) in [5.41, 5.74) is 1.57. The molecule has 2 heterocycles. The standard InChI is InChI=1S/C31H25ClF3N3O5/c1-13-10-15(4-8-21(13)39)24-16-5-6-17-25(18(16)12-19-22(40)11-14(2)27(41)26(19)24)30(43)38(29(17)42)37(3)28-20(32)7-9-23(36-28)31(33,34)35/h4-5,7-11,17-18,24-25,39H,6,12H2,1-3H3. The zero-order valence-electron chi connectivity index (χ0n) is 23.2. The van der Waals surface area contributed by atoms with Crippen molar-refractivity contribution in [2.75, 3.05) is 12.1 Å². The molecule has 12 heteroatoms. The number of Topliss-reactive ketones (excluding diaryl/α,β-unsaturated/α-hetero) is 1. The number of aromatic nitrogens is 1. The van der Waals surface area contributed by atoms with E-state index in [1.54, 1.807) is 26.0 Å². The summed E-state index contributed by atoms with van der Waals surface area (Å²) in [4.78, 5) is 58.1. The average Bonchev–Trinajstić information content (AvgIpc) is 3.21. The van der Waals surface area contributed by atoms with Crippen LogP contribution in [0.1, 0.15) is 42.5 Å². The third kappa shape index (κ3) is 4.40. The lowest BCUT2D eigenvalue weighted by atomic mass is 9.59. The first-order valence-corrected chi connectivity index (χ1v) is 13.9. The van der Waals surface area contributed by atoms with Crippen LogP contribution >= 0.6 is 11.6 Å². The number of carbonyl (C=O) groups is 4. The van der Waals surface area contributed by atoms with Gasteiger partial charge in [0.25, 0.3) is 11.8 Å². The number of fused-ring (bicyclic) bond motifs is 3. The number of allylic oxidation sites excluding steroid dienone is 6. The number of carbonyl (C=O) groups excluding carboxylic acids is 4. The second kappa shape index (κ2) is 9.90. The number of pyridine rings is 1. The summed E-state index contributed by atoms with van der Waals surface area (Å²) in [7, 11) is 1.25. The van der Waals surface area contributed by atoms with Crippen LogP contribution in [0.4, 0.5) is 19.0 Å². The number of hydrogen-bond acceptors (Lipinski definition) is 7. The van der Waals surface area contributed by atoms with Crippen LogP contribution in [0.15, 0.2) is 64.8 Å². The molecule has 6 rings (SSSR count). The van der Waals surface area contributed by atoms with E-state index in [4.69, 9.17) is 11.6 Å². The fraction of sp³-hybridized carbons (Fsp3) is 0.323. The molecule has 2 aromatic rings. The van der Waals surface area contributed by atoms with Crippen molar-refractivity contribution in [1.82, 2.24) is 9.99 Å². The molecule has 4 unspecified atom stereocenters. The summed E-state index contributed by atoms with van der Waals surface area (Å²) in [6, 6.07) is 6.61. The topological polar surface area (TPSA) is 108 Å². The van der Waals surface area contributed by atoms with Crippen molar-refractivity contribution in [3.05, 3.63) is 86.6 Å². The Morgan fingerprint density at radius 3 is 2.44 bits per heavy atom. The fourth-order valence-corrected chi connectivity index (χ4v) is 7.02. The van der Waals surface area contributed by atoms with E-state index in [1.165, 1.54) is 19.2 Å². The molecule has 2 amide bonds. The first-order valence-electron chi connectivity index (χ1n) is 13.6. The van der Waals surface area contributed by atoms with Gasteiger partial charge in [-0.3, -0.25) is 24.2 Å². The highest BCUT2D eigenvalue weighted by molar-refractivity contribution is 6.33. The Bertz CT molecular complexity index is 1740. The van der Waals surface area contributed by atoms with E-state index in [9.17, 15) is 37.5 Å². The highest BCUT2D eigenvalue weighted by atomic mass is 35.5. The number of imide groups is 1. The van der Waals surface area contributed by atoms with Gasteiger partial charge in [-0.05, 0) is 68.0 Å². The molecular weight excluding hydrogens is 587 g/mol. The molecule has 8 nitrogen and oxygen atoms in total. The third-order valence-corrected chi connectivity index (χ3v) is 9.12. The first-order chi connectivity index (χ1) is 20.2. The van der Waals surface area contributed by atoms with Crippen LogP contribution in [0.25, 0.3) is 0 Å². The highest BCUT2D eigenvalue weighted by Crippen LogP contribution is 2.55. The van der Waals surface area contributed by atoms with E-state index in [0.717, 1.165) is 16.1 Å². The molecule has 4 atom stereocenters. The molecule has 4 aliphatic rings. The van der Waals surface area contributed by atoms with Gasteiger partial charge < -0.3 is 5.11 Å². The van der Waals surface area contributed by atoms with Crippen LogP contribution in [-0.4, -0.2) is 45.5 Å². The van der Waals surface area contributed by atoms with Gasteiger partial charge in [-0.15, -0.1) is 0 Å². The fourth-order valence-electron chi connectivity index (χ4n) is 6.79. The smallest absolute Gasteiger partial charge is 0.433 e. The Morgan fingerprint density at radius 1 is 1.05 bits per heavy atom. The van der Waals surface area contributed by atoms with Gasteiger partial charge >= 0.3 is 6.18 Å². The van der Waals surface area contributed by atoms with Crippen LogP contribution in [0.2, 0.25) is 5.02 Å². The number of ketones is 2. The minimum absolute atomic E-state index is 0.0450. The number of rotatable bonds is 3. The van der Waals surface area contributed by atoms with E-state index < -0.39 is 53.2 Å². The van der Waals surface area contributed by atoms with Crippen molar-refractivity contribution < 1.29 is 37.5 Å². The molecule has 1 fully saturated rings. The number of hydrazine groups is 1. The second-order valence-electron chi connectivity index (χ2n) is 11.3. The summed E-state index contributed by atoms with van der Waals surface area (Å²) < 4.78 is 40.2. The van der Waals surface area contributed by atoms with Gasteiger partial charge in [0.1, 0.15) is 11.4 Å². The number of phenolic OH excluding ortho intramolecular Hbond substituents is 1. The summed E-state index contributed by atoms with van der Waals surface area (Å²) in [6.07, 6.45) is -1.49. The molecule has 1 aliphatic heterocycles. The quantitative estimate of drug-likeness (QED) is 0.287. The number of hydrogen-bond donors (Lipinski definition) is 1. The van der Waals surface area contributed by atoms with Crippen LogP contribution in [0.5, 0.6) is 5.75 Å². The molecule has 0 spiro atoms. The number of amides is 2. The first kappa shape index (κ1) is 28.9. The number of alkyl halides is 3. The minimum Gasteiger partial charge on any atom is -0.508 e. The van der Waals surface area contributed by atoms with Crippen molar-refractivity contribution >= 4 is 40.8 Å². The summed E-state index contributed by atoms with van der Waals surface area (Å²) in [5.74, 6) is -5.38. The lowest BCUT2D eigenvalue weighted by Gasteiger charge is -2.42. The van der Waals surface area contributed by atoms with E-state index in [-0.39, 0.29) is 40.8 Å². The number of phenols is 1. The Morgan fingerprint density at radius 2 is 1.77 bits per heavy atom. The Kier molecular flexibility index (Phi) is 6.64. The van der Waals surface area contributed by atoms with Gasteiger partial charge in [0.2, 0.25) is 0 Å². The molecule has 1 aromatic heterocycles. The molecule has 1 N–H and O–H groups in total. The number of aromatic hydroxyl groups is 1. The Labute approximate surface area is 249 Å². The number of aryl methyl sites for hydroxylation is 1. The van der Waals surface area contributed by atoms with E-state index in [0.29, 0.717) is 33.9 Å². The highest BCUT2D eigenvalue weighted by Gasteiger charge is 2.57. The molecule has 3 aliphatic carbocycles. The minimum atomic E-state index is -4.78. The zero-order chi connectivity index (χ0) is 31.1. The van der Waals surface area contributed by atoms with Crippen molar-refractivity contribution in [3.8, 4) is 5.75 Å². The van der Waals surface area contributed by atoms with Crippen LogP contribution in [-0.2, 0) is 25.4 Å². The number of anilines is 1. The molecular formula is C31H25ClF3N3O5. The Balaban J connectivity index is 1.43. The summed E-state index contributed by atoms with van der Waals surface area (Å²) in [6.45, 7) is 3.28. The van der Waals surface area contributed by atoms with Gasteiger partial charge in [0.15, 0.2) is 17.4 Å². The largest absolute Gasteiger partial charge is 0.508 e. The zero-order valence-corrected chi connectivity index (χ0v) is 24.0. The average molecular weight is 612 g/mol. The van der Waals surface area contributed by atoms with E-state index >= 15 is 0 Å². The predicted molar refractivity (Wildman–Crippen MR) is 149 cm³/mol. The van der Waals surface area contributed by atoms with E-state index in [2.05, 4.69) is 4.98 Å². The normalized spacial score (nSPS) is 25.3. The maximum absolute atomic E-state index is 14.0. The van der Waals surface area contributed by atoms with Crippen LogP contribution in [0.3, 0.4) is 0 Å². The van der Waals surface area contributed by atoms with Crippen molar-refractivity contribution in [2.24, 2.45) is 17.8 Å². The van der Waals surface area contributed by atoms with Gasteiger partial charge in [0.05, 0.1) is 16.9 Å². The third-order valence-electron chi connectivity index (χ3n) is 8.82. The summed E-state index contributed by atoms with van der Waals surface area (Å²) in [5, 5.41) is 11.7. The predicted octanol–water partition coefficient (Wildman–Crippen LogP) is 5.25. The van der Waals surface area contributed by atoms with Crippen LogP contribution in [0, 0.1) is 24.7 Å². The number of benzene rings is 1. The van der Waals surface area contributed by atoms with Gasteiger partial charge in [-0.25, -0.2) is 4.98 Å². The monoisotopic (exact) mass is 611 g/mol. The lowest BCUT2D eigenvalue weighted by molar-refractivity contribution is -0.141. The maximum atomic E-state index is 14.0. The number of nitrogens with zero attached hydrogens (tertiary/aromatic N) is 3. The molecule has 222 valence electrons. The molecule has 1 saturated heterocycles. The molecule has 0 radical (unpaired) electrons. The molecule has 1 aromatic carbocycles. The molecule has 0 saturated carbocycles. The Hall–Kier alpha value is -4.25. The van der Waals surface area contributed by atoms with Crippen molar-refractivity contribution in [3.63, 3.8) is 0 Å². The van der Waals surface area contributed by atoms with Crippen LogP contribution < -0.4 is 5.01 Å². The lowest BCUT2D eigenvalue weighted by Crippen LogP contribution is -2.46. The van der Waals surface area contributed by atoms with Gasteiger partial charge in [-0.1, -0.05) is 35.4 Å². The van der Waals surface area contributed by atoms with Gasteiger partial charge in [0, 0.05) is 29.7 Å². The second-order valence-corrected chi connectivity index (χ2v) is 11.7. The molecule has 43 heavy (non-hydrogen) atoms. The van der Waals surface area contributed by atoms with E-state index in [1.807, 2.05) is 6.08 Å². The molecule has 0 bridgehead atoms. The maximum Gasteiger partial charge on any atom is 0.433 e. The summed E-state index contributed by atoms with van der Waals surface area (Å²) >= 11 is 6.18. The van der Waals surface area contributed by atoms with Crippen molar-refractivity contribution in [2.45, 2.75) is 38.8 Å². The van der Waals surface area contributed by atoms with Gasteiger partial charge in [-0.2, -0.15) is 18.2 Å². The number of halogens is 4.